The van der Waals surface area contributed by atoms with Crippen LogP contribution in [-0.2, 0) is 17.9 Å². The minimum Gasteiger partial charge on any atom is -0.497 e. The minimum absolute atomic E-state index is 0.107. The Morgan fingerprint density at radius 1 is 0.935 bits per heavy atom. The van der Waals surface area contributed by atoms with Crippen LogP contribution < -0.4 is 15.8 Å². The smallest absolute Gasteiger partial charge is 0.254 e. The van der Waals surface area contributed by atoms with E-state index in [1.165, 1.54) is 0 Å². The van der Waals surface area contributed by atoms with E-state index in [0.717, 1.165) is 16.9 Å². The molecule has 7 nitrogen and oxygen atoms in total. The van der Waals surface area contributed by atoms with Gasteiger partial charge in [-0.05, 0) is 35.4 Å². The standard InChI is InChI=1S/C24H25N5O2/c1-31-21-14-12-19(13-15-21)17-27-24(30)22(29-28-20-10-6-3-7-11-20)23(25)26-16-18-8-4-2-5-9-18/h2-15,22H,16-17H2,1H3,(H2,25,26)(H,27,30)/b29-28+. The van der Waals surface area contributed by atoms with Gasteiger partial charge in [0.1, 0.15) is 11.6 Å². The number of nitrogens with one attached hydrogen (secondary N) is 1. The Bertz CT molecular complexity index is 1020. The summed E-state index contributed by atoms with van der Waals surface area (Å²) >= 11 is 0. The van der Waals surface area contributed by atoms with E-state index in [4.69, 9.17) is 10.5 Å². The van der Waals surface area contributed by atoms with Crippen LogP contribution in [0.5, 0.6) is 5.75 Å². The quantitative estimate of drug-likeness (QED) is 0.313. The lowest BCUT2D eigenvalue weighted by atomic mass is 10.2. The fourth-order valence-corrected chi connectivity index (χ4v) is 2.75. The van der Waals surface area contributed by atoms with Crippen LogP contribution in [0.1, 0.15) is 11.1 Å². The number of ether oxygens (including phenoxy) is 1. The Kier molecular flexibility index (Phi) is 7.88. The summed E-state index contributed by atoms with van der Waals surface area (Å²) in [6, 6.07) is 25.3. The Hall–Kier alpha value is -4.00. The number of carbonyl (C=O) groups excluding carboxylic acids is 1. The van der Waals surface area contributed by atoms with Gasteiger partial charge in [0.25, 0.3) is 5.91 Å². The molecule has 3 rings (SSSR count). The molecule has 0 aliphatic carbocycles. The number of aliphatic imine (C=N–C) groups is 1. The highest BCUT2D eigenvalue weighted by molar-refractivity contribution is 6.06. The second-order valence-electron chi connectivity index (χ2n) is 6.75. The third-order valence-corrected chi connectivity index (χ3v) is 4.49. The third-order valence-electron chi connectivity index (χ3n) is 4.49. The number of nitrogens with zero attached hydrogens (tertiary/aromatic N) is 3. The first-order chi connectivity index (χ1) is 15.2. The lowest BCUT2D eigenvalue weighted by molar-refractivity contribution is -0.121. The summed E-state index contributed by atoms with van der Waals surface area (Å²) in [6.45, 7) is 0.682. The molecule has 1 amide bonds. The number of hydrogen-bond acceptors (Lipinski definition) is 5. The molecule has 7 heteroatoms. The summed E-state index contributed by atoms with van der Waals surface area (Å²) in [5.74, 6) is 0.488. The highest BCUT2D eigenvalue weighted by Crippen LogP contribution is 2.13. The molecule has 3 N–H and O–H groups in total. The van der Waals surface area contributed by atoms with Crippen molar-refractivity contribution in [2.75, 3.05) is 7.11 Å². The van der Waals surface area contributed by atoms with Crippen molar-refractivity contribution in [1.29, 1.82) is 0 Å². The number of amides is 1. The molecule has 1 atom stereocenters. The molecule has 0 spiro atoms. The van der Waals surface area contributed by atoms with Crippen molar-refractivity contribution in [2.24, 2.45) is 21.0 Å². The number of azo groups is 1. The molecule has 3 aromatic carbocycles. The van der Waals surface area contributed by atoms with Crippen LogP contribution in [0.25, 0.3) is 0 Å². The summed E-state index contributed by atoms with van der Waals surface area (Å²) in [5.41, 5.74) is 8.70. The predicted octanol–water partition coefficient (Wildman–Crippen LogP) is 4.02. The van der Waals surface area contributed by atoms with Crippen LogP contribution in [0.3, 0.4) is 0 Å². The number of carbonyl (C=O) groups is 1. The van der Waals surface area contributed by atoms with Gasteiger partial charge in [0, 0.05) is 6.54 Å². The van der Waals surface area contributed by atoms with Crippen LogP contribution in [0.15, 0.2) is 100 Å². The van der Waals surface area contributed by atoms with E-state index in [0.29, 0.717) is 18.8 Å². The molecule has 0 aromatic heterocycles. The van der Waals surface area contributed by atoms with E-state index in [1.54, 1.807) is 19.2 Å². The van der Waals surface area contributed by atoms with Crippen molar-refractivity contribution in [3.05, 3.63) is 96.1 Å². The molecule has 0 heterocycles. The van der Waals surface area contributed by atoms with Crippen LogP contribution in [0.2, 0.25) is 0 Å². The maximum atomic E-state index is 12.9. The van der Waals surface area contributed by atoms with Crippen molar-refractivity contribution in [1.82, 2.24) is 5.32 Å². The zero-order chi connectivity index (χ0) is 21.9. The average Bonchev–Trinajstić information content (AvgIpc) is 2.83. The van der Waals surface area contributed by atoms with Gasteiger partial charge >= 0.3 is 0 Å². The van der Waals surface area contributed by atoms with Gasteiger partial charge in [-0.1, -0.05) is 60.7 Å². The molecule has 0 radical (unpaired) electrons. The molecule has 0 saturated carbocycles. The summed E-state index contributed by atoms with van der Waals surface area (Å²) in [6.07, 6.45) is 0. The molecule has 31 heavy (non-hydrogen) atoms. The fraction of sp³-hybridized carbons (Fsp3) is 0.167. The van der Waals surface area contributed by atoms with Gasteiger partial charge in [-0.3, -0.25) is 9.79 Å². The van der Waals surface area contributed by atoms with E-state index in [1.807, 2.05) is 72.8 Å². The van der Waals surface area contributed by atoms with E-state index >= 15 is 0 Å². The van der Waals surface area contributed by atoms with Gasteiger partial charge in [-0.2, -0.15) is 10.2 Å². The first kappa shape index (κ1) is 21.7. The molecule has 0 bridgehead atoms. The first-order valence-electron chi connectivity index (χ1n) is 9.86. The summed E-state index contributed by atoms with van der Waals surface area (Å²) in [4.78, 5) is 17.2. The first-order valence-corrected chi connectivity index (χ1v) is 9.86. The van der Waals surface area contributed by atoms with Crippen molar-refractivity contribution >= 4 is 17.4 Å². The third kappa shape index (κ3) is 6.78. The van der Waals surface area contributed by atoms with Crippen LogP contribution in [0.4, 0.5) is 5.69 Å². The topological polar surface area (TPSA) is 101 Å². The summed E-state index contributed by atoms with van der Waals surface area (Å²) in [5, 5.41) is 11.2. The zero-order valence-electron chi connectivity index (χ0n) is 17.3. The molecule has 158 valence electrons. The second kappa shape index (κ2) is 11.3. The van der Waals surface area contributed by atoms with Crippen molar-refractivity contribution in [3.63, 3.8) is 0 Å². The van der Waals surface area contributed by atoms with Crippen LogP contribution >= 0.6 is 0 Å². The zero-order valence-corrected chi connectivity index (χ0v) is 17.3. The Balaban J connectivity index is 1.73. The van der Waals surface area contributed by atoms with Gasteiger partial charge in [0.2, 0.25) is 6.04 Å². The Labute approximate surface area is 181 Å². The maximum absolute atomic E-state index is 12.9. The van der Waals surface area contributed by atoms with Crippen LogP contribution in [0, 0.1) is 0 Å². The number of benzene rings is 3. The van der Waals surface area contributed by atoms with Gasteiger partial charge in [-0.15, -0.1) is 0 Å². The van der Waals surface area contributed by atoms with E-state index in [2.05, 4.69) is 20.5 Å². The van der Waals surface area contributed by atoms with Gasteiger partial charge < -0.3 is 15.8 Å². The number of rotatable bonds is 9. The van der Waals surface area contributed by atoms with Crippen molar-refractivity contribution < 1.29 is 9.53 Å². The molecule has 0 saturated heterocycles. The highest BCUT2D eigenvalue weighted by Gasteiger charge is 2.22. The molecule has 1 unspecified atom stereocenters. The van der Waals surface area contributed by atoms with Gasteiger partial charge in [0.15, 0.2) is 0 Å². The SMILES string of the molecule is COc1ccc(CNC(=O)C(/N=N/c2ccccc2)/C(N)=N/Cc2ccccc2)cc1. The monoisotopic (exact) mass is 415 g/mol. The normalized spacial score (nSPS) is 12.5. The summed E-state index contributed by atoms with van der Waals surface area (Å²) in [7, 11) is 1.61. The minimum atomic E-state index is -1.03. The maximum Gasteiger partial charge on any atom is 0.254 e. The Morgan fingerprint density at radius 2 is 1.58 bits per heavy atom. The largest absolute Gasteiger partial charge is 0.497 e. The fourth-order valence-electron chi connectivity index (χ4n) is 2.75. The number of nitrogens with two attached hydrogens (primary N) is 1. The highest BCUT2D eigenvalue weighted by atomic mass is 16.5. The summed E-state index contributed by atoms with van der Waals surface area (Å²) < 4.78 is 5.15. The van der Waals surface area contributed by atoms with Gasteiger partial charge in [-0.25, -0.2) is 0 Å². The number of amidine groups is 1. The van der Waals surface area contributed by atoms with Gasteiger partial charge in [0.05, 0.1) is 19.3 Å². The molecular formula is C24H25N5O2. The lowest BCUT2D eigenvalue weighted by Gasteiger charge is -2.12. The average molecular weight is 415 g/mol. The second-order valence-corrected chi connectivity index (χ2v) is 6.75. The number of hydrogen-bond donors (Lipinski definition) is 2. The van der Waals surface area contributed by atoms with Crippen molar-refractivity contribution in [2.45, 2.75) is 19.1 Å². The molecule has 3 aromatic rings. The molecule has 0 fully saturated rings. The number of methoxy groups -OCH3 is 1. The van der Waals surface area contributed by atoms with E-state index in [-0.39, 0.29) is 11.7 Å². The predicted molar refractivity (Wildman–Crippen MR) is 121 cm³/mol. The molecule has 0 aliphatic rings. The van der Waals surface area contributed by atoms with E-state index < -0.39 is 6.04 Å². The molecule has 0 aliphatic heterocycles. The molecular weight excluding hydrogens is 390 g/mol. The Morgan fingerprint density at radius 3 is 2.23 bits per heavy atom. The van der Waals surface area contributed by atoms with E-state index in [9.17, 15) is 4.79 Å². The van der Waals surface area contributed by atoms with Crippen molar-refractivity contribution in [3.8, 4) is 5.75 Å². The van der Waals surface area contributed by atoms with Crippen LogP contribution in [-0.4, -0.2) is 24.9 Å². The lowest BCUT2D eigenvalue weighted by Crippen LogP contribution is -2.42.